The highest BCUT2D eigenvalue weighted by atomic mass is 31.1. The van der Waals surface area contributed by atoms with Crippen molar-refractivity contribution in [3.05, 3.63) is 139 Å². The molecule has 2 atom stereocenters. The molecule has 0 amide bonds. The Kier molecular flexibility index (Phi) is 7.98. The Morgan fingerprint density at radius 3 is 1.34 bits per heavy atom. The van der Waals surface area contributed by atoms with Gasteiger partial charge >= 0.3 is 0 Å². The van der Waals surface area contributed by atoms with Crippen LogP contribution in [0.4, 0.5) is 0 Å². The van der Waals surface area contributed by atoms with Gasteiger partial charge < -0.3 is 9.47 Å². The van der Waals surface area contributed by atoms with Gasteiger partial charge in [0.25, 0.3) is 0 Å². The zero-order valence-electron chi connectivity index (χ0n) is 23.4. The Morgan fingerprint density at radius 1 is 0.537 bits per heavy atom. The van der Waals surface area contributed by atoms with Crippen molar-refractivity contribution < 1.29 is 14.3 Å². The monoisotopic (exact) mass is 556 g/mol. The van der Waals surface area contributed by atoms with E-state index in [4.69, 9.17) is 9.47 Å². The van der Waals surface area contributed by atoms with Gasteiger partial charge in [0.15, 0.2) is 0 Å². The van der Waals surface area contributed by atoms with E-state index in [0.717, 1.165) is 11.5 Å². The summed E-state index contributed by atoms with van der Waals surface area (Å²) in [6.45, 7) is 0. The van der Waals surface area contributed by atoms with Crippen LogP contribution in [0.15, 0.2) is 127 Å². The summed E-state index contributed by atoms with van der Waals surface area (Å²) in [7, 11) is 2.48. The Balaban J connectivity index is 1.63. The number of ketones is 1. The second kappa shape index (κ2) is 12.1. The van der Waals surface area contributed by atoms with Crippen LogP contribution in [0, 0.1) is 0 Å². The van der Waals surface area contributed by atoms with Crippen LogP contribution in [0.2, 0.25) is 0 Å². The van der Waals surface area contributed by atoms with E-state index in [-0.39, 0.29) is 11.3 Å². The Morgan fingerprint density at radius 2 is 0.951 bits per heavy atom. The van der Waals surface area contributed by atoms with Crippen LogP contribution in [0.1, 0.15) is 35.3 Å². The van der Waals surface area contributed by atoms with Gasteiger partial charge in [-0.25, -0.2) is 0 Å². The van der Waals surface area contributed by atoms with E-state index in [1.54, 1.807) is 14.2 Å². The molecule has 5 aromatic carbocycles. The smallest absolute Gasteiger partial charge is 0.134 e. The number of methoxy groups -OCH3 is 2. The minimum atomic E-state index is -0.892. The SMILES string of the molecule is COc1ccc(C2CC(=O)CC(c3ccc(OC)cc3)P2c2c(-c3ccccc3)cccc2-c2ccccc2)cc1. The normalized spacial score (nSPS) is 18.6. The summed E-state index contributed by atoms with van der Waals surface area (Å²) >= 11 is 0. The minimum absolute atomic E-state index is 0.0663. The molecule has 4 heteroatoms. The first-order valence-corrected chi connectivity index (χ1v) is 15.5. The first kappa shape index (κ1) is 27.0. The van der Waals surface area contributed by atoms with Crippen LogP contribution in [-0.2, 0) is 4.79 Å². The molecule has 0 saturated carbocycles. The second-order valence-electron chi connectivity index (χ2n) is 10.4. The maximum absolute atomic E-state index is 13.5. The third kappa shape index (κ3) is 5.56. The topological polar surface area (TPSA) is 35.5 Å². The van der Waals surface area contributed by atoms with E-state index in [1.807, 2.05) is 24.3 Å². The molecule has 1 fully saturated rings. The van der Waals surface area contributed by atoms with Crippen molar-refractivity contribution >= 4 is 19.0 Å². The van der Waals surface area contributed by atoms with Gasteiger partial charge in [0.2, 0.25) is 0 Å². The minimum Gasteiger partial charge on any atom is -0.497 e. The summed E-state index contributed by atoms with van der Waals surface area (Å²) in [4.78, 5) is 13.5. The highest BCUT2D eigenvalue weighted by Crippen LogP contribution is 2.68. The average Bonchev–Trinajstić information content (AvgIpc) is 3.05. The summed E-state index contributed by atoms with van der Waals surface area (Å²) in [5.74, 6) is 1.95. The number of Topliss-reactive ketones (excluding diaryl/α,β-unsaturated/α-hetero) is 1. The number of carbonyl (C=O) groups excluding carboxylic acids is 1. The molecule has 0 aromatic heterocycles. The van der Waals surface area contributed by atoms with Gasteiger partial charge in [-0.05, 0) is 63.0 Å². The molecule has 6 rings (SSSR count). The van der Waals surface area contributed by atoms with Crippen molar-refractivity contribution in [3.63, 3.8) is 0 Å². The maximum atomic E-state index is 13.5. The number of benzene rings is 5. The van der Waals surface area contributed by atoms with Gasteiger partial charge in [-0.1, -0.05) is 111 Å². The molecule has 2 unspecified atom stereocenters. The highest BCUT2D eigenvalue weighted by molar-refractivity contribution is 7.67. The van der Waals surface area contributed by atoms with Crippen LogP contribution in [0.5, 0.6) is 11.5 Å². The maximum Gasteiger partial charge on any atom is 0.134 e. The van der Waals surface area contributed by atoms with E-state index < -0.39 is 7.92 Å². The average molecular weight is 557 g/mol. The molecule has 1 heterocycles. The number of carbonyl (C=O) groups is 1. The quantitative estimate of drug-likeness (QED) is 0.188. The molecule has 41 heavy (non-hydrogen) atoms. The molecule has 0 spiro atoms. The number of hydrogen-bond donors (Lipinski definition) is 0. The van der Waals surface area contributed by atoms with Crippen molar-refractivity contribution in [2.45, 2.75) is 24.2 Å². The third-order valence-corrected chi connectivity index (χ3v) is 11.3. The highest BCUT2D eigenvalue weighted by Gasteiger charge is 2.41. The van der Waals surface area contributed by atoms with Crippen molar-refractivity contribution in [3.8, 4) is 33.8 Å². The van der Waals surface area contributed by atoms with Gasteiger partial charge in [-0.15, -0.1) is 0 Å². The van der Waals surface area contributed by atoms with Gasteiger partial charge in [0.1, 0.15) is 17.3 Å². The van der Waals surface area contributed by atoms with Crippen molar-refractivity contribution in [1.82, 2.24) is 0 Å². The third-order valence-electron chi connectivity index (χ3n) is 7.98. The second-order valence-corrected chi connectivity index (χ2v) is 12.9. The first-order chi connectivity index (χ1) is 20.2. The largest absolute Gasteiger partial charge is 0.497 e. The summed E-state index contributed by atoms with van der Waals surface area (Å²) in [5, 5.41) is 1.36. The number of rotatable bonds is 7. The lowest BCUT2D eigenvalue weighted by molar-refractivity contribution is -0.119. The van der Waals surface area contributed by atoms with E-state index in [1.165, 1.54) is 38.7 Å². The Labute approximate surface area is 243 Å². The zero-order valence-corrected chi connectivity index (χ0v) is 24.3. The lowest BCUT2D eigenvalue weighted by Gasteiger charge is -2.41. The van der Waals surface area contributed by atoms with Gasteiger partial charge in [-0.2, -0.15) is 0 Å². The van der Waals surface area contributed by atoms with E-state index in [2.05, 4.69) is 103 Å². The predicted octanol–water partition coefficient (Wildman–Crippen LogP) is 8.99. The zero-order chi connectivity index (χ0) is 28.2. The molecular formula is C37H33O3P. The molecule has 5 aromatic rings. The van der Waals surface area contributed by atoms with Crippen LogP contribution >= 0.6 is 7.92 Å². The molecular weight excluding hydrogens is 523 g/mol. The summed E-state index contributed by atoms with van der Waals surface area (Å²) in [5.41, 5.74) is 7.38. The van der Waals surface area contributed by atoms with Gasteiger partial charge in [0, 0.05) is 24.2 Å². The summed E-state index contributed by atoms with van der Waals surface area (Å²) in [6, 6.07) is 44.7. The summed E-state index contributed by atoms with van der Waals surface area (Å²) in [6.07, 6.45) is 1.06. The lowest BCUT2D eigenvalue weighted by Crippen LogP contribution is -2.25. The fourth-order valence-electron chi connectivity index (χ4n) is 5.97. The first-order valence-electron chi connectivity index (χ1n) is 14.0. The lowest BCUT2D eigenvalue weighted by atomic mass is 9.98. The standard InChI is InChI=1S/C37H33O3P/c1-39-31-20-16-28(17-21-31)35-24-30(38)25-36(29-18-22-32(40-2)23-19-29)41(35)37-33(26-10-5-3-6-11-26)14-9-15-34(37)27-12-7-4-8-13-27/h3-23,35-36H,24-25H2,1-2H3. The van der Waals surface area contributed by atoms with Crippen molar-refractivity contribution in [2.75, 3.05) is 14.2 Å². The van der Waals surface area contributed by atoms with E-state index in [0.29, 0.717) is 18.6 Å². The summed E-state index contributed by atoms with van der Waals surface area (Å²) < 4.78 is 11.0. The van der Waals surface area contributed by atoms with Crippen LogP contribution in [0.25, 0.3) is 22.3 Å². The van der Waals surface area contributed by atoms with Gasteiger partial charge in [-0.3, -0.25) is 4.79 Å². The molecule has 0 bridgehead atoms. The molecule has 0 N–H and O–H groups in total. The Hall–Kier alpha value is -4.20. The van der Waals surface area contributed by atoms with Crippen molar-refractivity contribution in [2.24, 2.45) is 0 Å². The van der Waals surface area contributed by atoms with Gasteiger partial charge in [0.05, 0.1) is 14.2 Å². The van der Waals surface area contributed by atoms with Crippen LogP contribution < -0.4 is 14.8 Å². The number of ether oxygens (including phenoxy) is 2. The van der Waals surface area contributed by atoms with Crippen molar-refractivity contribution in [1.29, 1.82) is 0 Å². The molecule has 1 saturated heterocycles. The predicted molar refractivity (Wildman–Crippen MR) is 170 cm³/mol. The Bertz CT molecular complexity index is 1500. The van der Waals surface area contributed by atoms with Crippen LogP contribution in [-0.4, -0.2) is 20.0 Å². The van der Waals surface area contributed by atoms with Crippen LogP contribution in [0.3, 0.4) is 0 Å². The molecule has 1 aliphatic rings. The number of hydrogen-bond acceptors (Lipinski definition) is 3. The van der Waals surface area contributed by atoms with E-state index >= 15 is 0 Å². The molecule has 1 aliphatic heterocycles. The fourth-order valence-corrected chi connectivity index (χ4v) is 9.78. The molecule has 0 aliphatic carbocycles. The molecule has 3 nitrogen and oxygen atoms in total. The molecule has 0 radical (unpaired) electrons. The van der Waals surface area contributed by atoms with E-state index in [9.17, 15) is 4.79 Å². The fraction of sp³-hybridized carbons (Fsp3) is 0.162. The molecule has 204 valence electrons.